The molecular formula is C17H27NO3. The van der Waals surface area contributed by atoms with Crippen molar-refractivity contribution in [1.29, 1.82) is 0 Å². The summed E-state index contributed by atoms with van der Waals surface area (Å²) in [5.41, 5.74) is 6.24. The molecule has 4 nitrogen and oxygen atoms in total. The molecule has 0 radical (unpaired) electrons. The summed E-state index contributed by atoms with van der Waals surface area (Å²) in [4.78, 5) is 11.8. The highest BCUT2D eigenvalue weighted by Gasteiger charge is 2.41. The van der Waals surface area contributed by atoms with Crippen LogP contribution in [0.15, 0.2) is 24.3 Å². The van der Waals surface area contributed by atoms with Gasteiger partial charge in [-0.15, -0.1) is 0 Å². The zero-order valence-electron chi connectivity index (χ0n) is 13.9. The highest BCUT2D eigenvalue weighted by Crippen LogP contribution is 2.38. The first-order valence-electron chi connectivity index (χ1n) is 7.23. The molecule has 0 aromatic heterocycles. The molecule has 1 aromatic carbocycles. The van der Waals surface area contributed by atoms with Crippen molar-refractivity contribution in [2.75, 3.05) is 7.11 Å². The first-order chi connectivity index (χ1) is 9.60. The van der Waals surface area contributed by atoms with Crippen LogP contribution in [0.5, 0.6) is 5.75 Å². The number of hydrogen-bond donors (Lipinski definition) is 1. The zero-order chi connectivity index (χ0) is 16.3. The lowest BCUT2D eigenvalue weighted by molar-refractivity contribution is -0.142. The summed E-state index contributed by atoms with van der Waals surface area (Å²) in [6, 6.07) is 7.76. The van der Waals surface area contributed by atoms with Gasteiger partial charge in [0.05, 0.1) is 19.6 Å². The molecular weight excluding hydrogens is 266 g/mol. The van der Waals surface area contributed by atoms with Gasteiger partial charge in [-0.25, -0.2) is 0 Å². The van der Waals surface area contributed by atoms with E-state index in [1.807, 2.05) is 58.9 Å². The number of ether oxygens (including phenoxy) is 2. The van der Waals surface area contributed by atoms with Crippen molar-refractivity contribution in [3.05, 3.63) is 29.8 Å². The van der Waals surface area contributed by atoms with Gasteiger partial charge in [0.1, 0.15) is 5.75 Å². The Kier molecular flexibility index (Phi) is 5.40. The molecule has 0 spiro atoms. The van der Waals surface area contributed by atoms with E-state index in [4.69, 9.17) is 15.2 Å². The summed E-state index contributed by atoms with van der Waals surface area (Å²) in [5.74, 6) is 0.544. The van der Waals surface area contributed by atoms with E-state index in [0.717, 1.165) is 11.3 Å². The second kappa shape index (κ2) is 6.48. The van der Waals surface area contributed by atoms with Gasteiger partial charge >= 0.3 is 5.97 Å². The monoisotopic (exact) mass is 293 g/mol. The normalized spacial score (nSPS) is 14.7. The summed E-state index contributed by atoms with van der Waals surface area (Å²) in [5, 5.41) is 0. The number of carbonyl (C=O) groups is 1. The largest absolute Gasteiger partial charge is 0.491 e. The molecule has 0 saturated carbocycles. The van der Waals surface area contributed by atoms with Crippen LogP contribution in [0.3, 0.4) is 0 Å². The van der Waals surface area contributed by atoms with Crippen LogP contribution in [0.25, 0.3) is 0 Å². The fourth-order valence-corrected chi connectivity index (χ4v) is 2.24. The maximum absolute atomic E-state index is 11.8. The molecule has 0 amide bonds. The highest BCUT2D eigenvalue weighted by molar-refractivity contribution is 5.71. The average Bonchev–Trinajstić information content (AvgIpc) is 2.37. The maximum atomic E-state index is 11.8. The molecule has 0 bridgehead atoms. The van der Waals surface area contributed by atoms with Crippen molar-refractivity contribution < 1.29 is 14.3 Å². The lowest BCUT2D eigenvalue weighted by Crippen LogP contribution is -2.53. The van der Waals surface area contributed by atoms with Gasteiger partial charge < -0.3 is 15.2 Å². The van der Waals surface area contributed by atoms with E-state index in [1.54, 1.807) is 0 Å². The Morgan fingerprint density at radius 1 is 1.19 bits per heavy atom. The predicted octanol–water partition coefficient (Wildman–Crippen LogP) is 3.03. The lowest BCUT2D eigenvalue weighted by atomic mass is 9.66. The Labute approximate surface area is 127 Å². The number of esters is 1. The summed E-state index contributed by atoms with van der Waals surface area (Å²) in [6.45, 7) is 9.81. The molecule has 1 rings (SSSR count). The molecule has 2 N–H and O–H groups in total. The van der Waals surface area contributed by atoms with Gasteiger partial charge in [0.25, 0.3) is 0 Å². The Morgan fingerprint density at radius 2 is 1.71 bits per heavy atom. The summed E-state index contributed by atoms with van der Waals surface area (Å²) >= 11 is 0. The van der Waals surface area contributed by atoms with Crippen molar-refractivity contribution in [3.63, 3.8) is 0 Å². The topological polar surface area (TPSA) is 61.5 Å². The minimum atomic E-state index is -0.568. The van der Waals surface area contributed by atoms with Crippen LogP contribution in [0, 0.1) is 0 Å². The minimum absolute atomic E-state index is 0.128. The predicted molar refractivity (Wildman–Crippen MR) is 84.5 cm³/mol. The highest BCUT2D eigenvalue weighted by atomic mass is 16.5. The van der Waals surface area contributed by atoms with Gasteiger partial charge in [-0.2, -0.15) is 0 Å². The van der Waals surface area contributed by atoms with Crippen LogP contribution in [0.4, 0.5) is 0 Å². The van der Waals surface area contributed by atoms with Crippen molar-refractivity contribution >= 4 is 5.97 Å². The summed E-state index contributed by atoms with van der Waals surface area (Å²) in [7, 11) is 1.39. The van der Waals surface area contributed by atoms with Gasteiger partial charge in [-0.3, -0.25) is 4.79 Å². The van der Waals surface area contributed by atoms with E-state index >= 15 is 0 Å². The van der Waals surface area contributed by atoms with E-state index in [1.165, 1.54) is 7.11 Å². The number of rotatable bonds is 6. The van der Waals surface area contributed by atoms with Gasteiger partial charge in [0.2, 0.25) is 0 Å². The SMILES string of the molecule is COC(=O)CC(C)(c1ccc(OC(C)C)cc1)C(C)(C)N. The first kappa shape index (κ1) is 17.5. The molecule has 1 unspecified atom stereocenters. The number of benzene rings is 1. The van der Waals surface area contributed by atoms with E-state index < -0.39 is 11.0 Å². The Hall–Kier alpha value is -1.55. The second-order valence-electron chi connectivity index (χ2n) is 6.50. The summed E-state index contributed by atoms with van der Waals surface area (Å²) in [6.07, 6.45) is 0.362. The number of nitrogens with two attached hydrogens (primary N) is 1. The lowest BCUT2D eigenvalue weighted by Gasteiger charge is -2.41. The van der Waals surface area contributed by atoms with E-state index in [0.29, 0.717) is 0 Å². The Balaban J connectivity index is 3.12. The fraction of sp³-hybridized carbons (Fsp3) is 0.588. The molecule has 21 heavy (non-hydrogen) atoms. The van der Waals surface area contributed by atoms with Crippen LogP contribution >= 0.6 is 0 Å². The maximum Gasteiger partial charge on any atom is 0.306 e. The molecule has 0 fully saturated rings. The standard InChI is InChI=1S/C17H27NO3/c1-12(2)21-14-9-7-13(8-10-14)17(5,16(3,4)18)11-15(19)20-6/h7-10,12H,11,18H2,1-6H3. The molecule has 0 saturated heterocycles. The first-order valence-corrected chi connectivity index (χ1v) is 7.23. The molecule has 1 aromatic rings. The quantitative estimate of drug-likeness (QED) is 0.819. The molecule has 0 aliphatic rings. The molecule has 0 aliphatic heterocycles. The van der Waals surface area contributed by atoms with Crippen LogP contribution < -0.4 is 10.5 Å². The summed E-state index contributed by atoms with van der Waals surface area (Å²) < 4.78 is 10.5. The molecule has 1 atom stereocenters. The Morgan fingerprint density at radius 3 is 2.10 bits per heavy atom. The number of hydrogen-bond acceptors (Lipinski definition) is 4. The Bertz CT molecular complexity index is 474. The van der Waals surface area contributed by atoms with Gasteiger partial charge in [0, 0.05) is 11.0 Å². The van der Waals surface area contributed by atoms with Crippen molar-refractivity contribution in [1.82, 2.24) is 0 Å². The van der Waals surface area contributed by atoms with E-state index in [2.05, 4.69) is 0 Å². The van der Waals surface area contributed by atoms with Crippen molar-refractivity contribution in [2.24, 2.45) is 5.73 Å². The third-order valence-corrected chi connectivity index (χ3v) is 4.01. The molecule has 118 valence electrons. The number of methoxy groups -OCH3 is 1. The molecule has 4 heteroatoms. The van der Waals surface area contributed by atoms with Crippen LogP contribution in [0.1, 0.15) is 46.6 Å². The van der Waals surface area contributed by atoms with Crippen LogP contribution in [0.2, 0.25) is 0 Å². The molecule has 0 heterocycles. The third-order valence-electron chi connectivity index (χ3n) is 4.01. The van der Waals surface area contributed by atoms with Crippen LogP contribution in [-0.2, 0) is 14.9 Å². The van der Waals surface area contributed by atoms with Crippen molar-refractivity contribution in [3.8, 4) is 5.75 Å². The van der Waals surface area contributed by atoms with Gasteiger partial charge in [-0.05, 0) is 45.4 Å². The number of carbonyl (C=O) groups excluding carboxylic acids is 1. The van der Waals surface area contributed by atoms with Crippen LogP contribution in [-0.4, -0.2) is 24.7 Å². The van der Waals surface area contributed by atoms with Gasteiger partial charge in [0.15, 0.2) is 0 Å². The minimum Gasteiger partial charge on any atom is -0.491 e. The average molecular weight is 293 g/mol. The van der Waals surface area contributed by atoms with Crippen molar-refractivity contribution in [2.45, 2.75) is 58.1 Å². The molecule has 0 aliphatic carbocycles. The van der Waals surface area contributed by atoms with E-state index in [9.17, 15) is 4.79 Å². The van der Waals surface area contributed by atoms with Gasteiger partial charge in [-0.1, -0.05) is 19.1 Å². The fourth-order valence-electron chi connectivity index (χ4n) is 2.24. The zero-order valence-corrected chi connectivity index (χ0v) is 13.9. The van der Waals surface area contributed by atoms with E-state index in [-0.39, 0.29) is 18.5 Å². The third kappa shape index (κ3) is 4.21. The second-order valence-corrected chi connectivity index (χ2v) is 6.50. The smallest absolute Gasteiger partial charge is 0.306 e.